The van der Waals surface area contributed by atoms with Gasteiger partial charge in [0, 0.05) is 25.1 Å². The van der Waals surface area contributed by atoms with Gasteiger partial charge in [-0.3, -0.25) is 5.32 Å². The highest BCUT2D eigenvalue weighted by atomic mass is 19.4. The Morgan fingerprint density at radius 2 is 1.95 bits per heavy atom. The van der Waals surface area contributed by atoms with Crippen molar-refractivity contribution in [1.29, 1.82) is 0 Å². The van der Waals surface area contributed by atoms with Crippen molar-refractivity contribution < 1.29 is 13.2 Å². The maximum Gasteiger partial charge on any atom is 0.412 e. The van der Waals surface area contributed by atoms with E-state index < -0.39 is 11.7 Å². The number of alkyl halides is 3. The van der Waals surface area contributed by atoms with Gasteiger partial charge in [-0.2, -0.15) is 13.2 Å². The maximum absolute atomic E-state index is 13.7. The molecule has 3 nitrogen and oxygen atoms in total. The first-order valence-electron chi connectivity index (χ1n) is 6.41. The number of rotatable bonds is 2. The Labute approximate surface area is 114 Å². The minimum absolute atomic E-state index is 0.0695. The standard InChI is InChI=1S/C14H14F3N3/c15-14(16,17)13(8-10-4-2-1-3-5-10)12-11(6-7-20-13)18-9-19-12/h1-5,9,20H,6-8H2,(H,18,19). The molecular weight excluding hydrogens is 267 g/mol. The smallest absolute Gasteiger partial charge is 0.348 e. The average molecular weight is 281 g/mol. The number of nitrogens with one attached hydrogen (secondary N) is 2. The fraction of sp³-hybridized carbons (Fsp3) is 0.357. The molecule has 0 fully saturated rings. The zero-order valence-electron chi connectivity index (χ0n) is 10.7. The maximum atomic E-state index is 13.7. The van der Waals surface area contributed by atoms with E-state index in [9.17, 15) is 13.2 Å². The van der Waals surface area contributed by atoms with Crippen molar-refractivity contribution in [2.24, 2.45) is 0 Å². The number of aromatic amines is 1. The second-order valence-corrected chi connectivity index (χ2v) is 4.97. The van der Waals surface area contributed by atoms with Crippen LogP contribution in [0.3, 0.4) is 0 Å². The van der Waals surface area contributed by atoms with E-state index in [1.807, 2.05) is 0 Å². The molecule has 1 atom stereocenters. The molecule has 0 saturated heterocycles. The topological polar surface area (TPSA) is 40.7 Å². The molecule has 1 aromatic carbocycles. The van der Waals surface area contributed by atoms with Gasteiger partial charge >= 0.3 is 6.18 Å². The molecule has 0 saturated carbocycles. The minimum Gasteiger partial charge on any atom is -0.348 e. The van der Waals surface area contributed by atoms with E-state index in [-0.39, 0.29) is 18.7 Å². The van der Waals surface area contributed by atoms with Crippen molar-refractivity contribution in [3.8, 4) is 0 Å². The van der Waals surface area contributed by atoms with Crippen LogP contribution in [-0.4, -0.2) is 22.7 Å². The van der Waals surface area contributed by atoms with Crippen LogP contribution in [0.25, 0.3) is 0 Å². The van der Waals surface area contributed by atoms with Gasteiger partial charge in [-0.05, 0) is 5.56 Å². The van der Waals surface area contributed by atoms with Crippen LogP contribution in [0.2, 0.25) is 0 Å². The Morgan fingerprint density at radius 1 is 1.20 bits per heavy atom. The summed E-state index contributed by atoms with van der Waals surface area (Å²) < 4.78 is 41.2. The molecule has 2 N–H and O–H groups in total. The number of halogens is 3. The van der Waals surface area contributed by atoms with Crippen molar-refractivity contribution in [3.63, 3.8) is 0 Å². The molecule has 0 aliphatic carbocycles. The van der Waals surface area contributed by atoms with E-state index >= 15 is 0 Å². The molecule has 0 amide bonds. The van der Waals surface area contributed by atoms with Gasteiger partial charge in [0.1, 0.15) is 0 Å². The molecule has 1 aromatic heterocycles. The first-order valence-corrected chi connectivity index (χ1v) is 6.41. The lowest BCUT2D eigenvalue weighted by Crippen LogP contribution is -2.58. The number of imidazole rings is 1. The molecule has 1 unspecified atom stereocenters. The van der Waals surface area contributed by atoms with Gasteiger partial charge in [0.2, 0.25) is 0 Å². The molecule has 6 heteroatoms. The fourth-order valence-electron chi connectivity index (χ4n) is 2.75. The molecule has 0 spiro atoms. The lowest BCUT2D eigenvalue weighted by molar-refractivity contribution is -0.204. The molecule has 1 aliphatic rings. The van der Waals surface area contributed by atoms with Crippen LogP contribution in [0.1, 0.15) is 17.0 Å². The van der Waals surface area contributed by atoms with E-state index in [0.29, 0.717) is 17.7 Å². The summed E-state index contributed by atoms with van der Waals surface area (Å²) >= 11 is 0. The highest BCUT2D eigenvalue weighted by Crippen LogP contribution is 2.43. The van der Waals surface area contributed by atoms with Crippen molar-refractivity contribution in [2.45, 2.75) is 24.6 Å². The molecule has 106 valence electrons. The summed E-state index contributed by atoms with van der Waals surface area (Å²) in [7, 11) is 0. The molecular formula is C14H14F3N3. The van der Waals surface area contributed by atoms with E-state index in [1.54, 1.807) is 30.3 Å². The van der Waals surface area contributed by atoms with Gasteiger partial charge in [-0.15, -0.1) is 0 Å². The van der Waals surface area contributed by atoms with Crippen LogP contribution in [0, 0.1) is 0 Å². The van der Waals surface area contributed by atoms with E-state index in [2.05, 4.69) is 15.3 Å². The third kappa shape index (κ3) is 2.00. The Morgan fingerprint density at radius 3 is 2.65 bits per heavy atom. The van der Waals surface area contributed by atoms with Gasteiger partial charge < -0.3 is 4.98 Å². The van der Waals surface area contributed by atoms with Crippen molar-refractivity contribution >= 4 is 0 Å². The van der Waals surface area contributed by atoms with Crippen LogP contribution >= 0.6 is 0 Å². The Bertz CT molecular complexity index is 591. The van der Waals surface area contributed by atoms with Crippen LogP contribution in [0.4, 0.5) is 13.2 Å². The predicted molar refractivity (Wildman–Crippen MR) is 68.2 cm³/mol. The third-order valence-electron chi connectivity index (χ3n) is 3.72. The van der Waals surface area contributed by atoms with E-state index in [0.717, 1.165) is 0 Å². The largest absolute Gasteiger partial charge is 0.412 e. The summed E-state index contributed by atoms with van der Waals surface area (Å²) in [5.41, 5.74) is -0.840. The number of benzene rings is 1. The Balaban J connectivity index is 2.08. The lowest BCUT2D eigenvalue weighted by atomic mass is 9.83. The zero-order valence-corrected chi connectivity index (χ0v) is 10.7. The predicted octanol–water partition coefficient (Wildman–Crippen LogP) is 2.56. The van der Waals surface area contributed by atoms with Gasteiger partial charge in [0.25, 0.3) is 0 Å². The molecule has 2 aromatic rings. The summed E-state index contributed by atoms with van der Waals surface area (Å²) in [6, 6.07) is 8.69. The molecule has 2 heterocycles. The van der Waals surface area contributed by atoms with Crippen LogP contribution < -0.4 is 5.32 Å². The third-order valence-corrected chi connectivity index (χ3v) is 3.72. The number of fused-ring (bicyclic) bond motifs is 1. The molecule has 20 heavy (non-hydrogen) atoms. The molecule has 0 radical (unpaired) electrons. The van der Waals surface area contributed by atoms with Gasteiger partial charge in [0.15, 0.2) is 5.54 Å². The molecule has 1 aliphatic heterocycles. The van der Waals surface area contributed by atoms with Gasteiger partial charge in [-0.1, -0.05) is 30.3 Å². The summed E-state index contributed by atoms with van der Waals surface area (Å²) in [5.74, 6) is 0. The quantitative estimate of drug-likeness (QED) is 0.888. The fourth-order valence-corrected chi connectivity index (χ4v) is 2.75. The first kappa shape index (κ1) is 13.2. The lowest BCUT2D eigenvalue weighted by Gasteiger charge is -2.39. The Kier molecular flexibility index (Phi) is 3.05. The summed E-state index contributed by atoms with van der Waals surface area (Å²) in [6.45, 7) is 0.279. The molecule has 3 rings (SSSR count). The Hall–Kier alpha value is -1.82. The average Bonchev–Trinajstić information content (AvgIpc) is 2.88. The first-order chi connectivity index (χ1) is 9.53. The van der Waals surface area contributed by atoms with Gasteiger partial charge in [-0.25, -0.2) is 4.98 Å². The number of H-pyrrole nitrogens is 1. The molecule has 0 bridgehead atoms. The SMILES string of the molecule is FC(F)(F)C1(Cc2ccccc2)NCCc2[nH]cnc21. The number of aromatic nitrogens is 2. The summed E-state index contributed by atoms with van der Waals surface area (Å²) in [5, 5.41) is 2.66. The van der Waals surface area contributed by atoms with Crippen LogP contribution in [-0.2, 0) is 18.4 Å². The number of hydrogen-bond donors (Lipinski definition) is 2. The normalized spacial score (nSPS) is 22.6. The van der Waals surface area contributed by atoms with E-state index in [4.69, 9.17) is 0 Å². The van der Waals surface area contributed by atoms with E-state index in [1.165, 1.54) is 6.33 Å². The van der Waals surface area contributed by atoms with Crippen LogP contribution in [0.5, 0.6) is 0 Å². The second kappa shape index (κ2) is 4.63. The minimum atomic E-state index is -4.41. The second-order valence-electron chi connectivity index (χ2n) is 4.97. The highest BCUT2D eigenvalue weighted by molar-refractivity contribution is 5.31. The number of hydrogen-bond acceptors (Lipinski definition) is 2. The monoisotopic (exact) mass is 281 g/mol. The zero-order chi connectivity index (χ0) is 14.2. The van der Waals surface area contributed by atoms with Crippen molar-refractivity contribution in [3.05, 3.63) is 53.6 Å². The highest BCUT2D eigenvalue weighted by Gasteiger charge is 2.59. The van der Waals surface area contributed by atoms with Gasteiger partial charge in [0.05, 0.1) is 12.0 Å². The van der Waals surface area contributed by atoms with Crippen molar-refractivity contribution in [1.82, 2.24) is 15.3 Å². The van der Waals surface area contributed by atoms with Crippen molar-refractivity contribution in [2.75, 3.05) is 6.54 Å². The summed E-state index contributed by atoms with van der Waals surface area (Å²) in [4.78, 5) is 6.75. The number of nitrogens with zero attached hydrogens (tertiary/aromatic N) is 1. The summed E-state index contributed by atoms with van der Waals surface area (Å²) in [6.07, 6.45) is -2.70. The van der Waals surface area contributed by atoms with Crippen LogP contribution in [0.15, 0.2) is 36.7 Å².